The second kappa shape index (κ2) is 5.09. The average molecular weight is 295 g/mol. The molecular weight excluding hydrogens is 284 g/mol. The third-order valence-corrected chi connectivity index (χ3v) is 2.68. The Morgan fingerprint density at radius 2 is 2.12 bits per heavy atom. The molecule has 0 fully saturated rings. The van der Waals surface area contributed by atoms with Crippen molar-refractivity contribution in [3.05, 3.63) is 40.5 Å². The average Bonchev–Trinajstić information content (AvgIpc) is 2.67. The van der Waals surface area contributed by atoms with Crippen LogP contribution in [0.3, 0.4) is 0 Å². The van der Waals surface area contributed by atoms with Crippen molar-refractivity contribution < 1.29 is 4.79 Å². The van der Waals surface area contributed by atoms with Crippen molar-refractivity contribution in [2.45, 2.75) is 6.42 Å². The molecule has 0 radical (unpaired) electrons. The minimum Gasteiger partial charge on any atom is -0.308 e. The second-order valence-corrected chi connectivity index (χ2v) is 4.54. The van der Waals surface area contributed by atoms with E-state index in [4.69, 9.17) is 0 Å². The topological polar surface area (TPSA) is 59.8 Å². The molecule has 1 heterocycles. The minimum absolute atomic E-state index is 0.104. The van der Waals surface area contributed by atoms with Gasteiger partial charge in [-0.2, -0.15) is 0 Å². The number of rotatable bonds is 3. The molecule has 1 amide bonds. The zero-order valence-electron chi connectivity index (χ0n) is 9.22. The molecule has 0 spiro atoms. The molecule has 6 heteroatoms. The van der Waals surface area contributed by atoms with Gasteiger partial charge in [0, 0.05) is 11.5 Å². The first-order chi connectivity index (χ1) is 8.13. The fourth-order valence-electron chi connectivity index (χ4n) is 1.38. The van der Waals surface area contributed by atoms with Gasteiger partial charge in [0.25, 0.3) is 0 Å². The highest BCUT2D eigenvalue weighted by atomic mass is 79.9. The highest BCUT2D eigenvalue weighted by molar-refractivity contribution is 9.10. The Bertz CT molecular complexity index is 521. The third-order valence-electron chi connectivity index (χ3n) is 2.15. The monoisotopic (exact) mass is 294 g/mol. The number of hydrogen-bond acceptors (Lipinski definition) is 3. The molecule has 2 aromatic rings. The molecular formula is C11H11BrN4O. The summed E-state index contributed by atoms with van der Waals surface area (Å²) in [5, 5.41) is 10.2. The molecule has 0 aliphatic rings. The van der Waals surface area contributed by atoms with E-state index in [0.29, 0.717) is 12.2 Å². The summed E-state index contributed by atoms with van der Waals surface area (Å²) in [5.41, 5.74) is 0.953. The number of amides is 1. The van der Waals surface area contributed by atoms with Crippen molar-refractivity contribution in [2.24, 2.45) is 7.05 Å². The van der Waals surface area contributed by atoms with Gasteiger partial charge in [-0.25, -0.2) is 0 Å². The molecule has 0 aliphatic heterocycles. The normalized spacial score (nSPS) is 10.2. The number of hydrogen-bond donors (Lipinski definition) is 1. The maximum atomic E-state index is 11.7. The highest BCUT2D eigenvalue weighted by Crippen LogP contribution is 2.11. The van der Waals surface area contributed by atoms with Gasteiger partial charge in [-0.3, -0.25) is 9.48 Å². The number of anilines is 1. The first-order valence-corrected chi connectivity index (χ1v) is 5.83. The van der Waals surface area contributed by atoms with E-state index in [1.807, 2.05) is 24.3 Å². The van der Waals surface area contributed by atoms with Crippen LogP contribution in [0.25, 0.3) is 0 Å². The number of aryl methyl sites for hydroxylation is 1. The molecule has 0 saturated heterocycles. The number of nitrogens with zero attached hydrogens (tertiary/aromatic N) is 3. The van der Waals surface area contributed by atoms with Crippen LogP contribution in [0.5, 0.6) is 0 Å². The Morgan fingerprint density at radius 1 is 1.41 bits per heavy atom. The van der Waals surface area contributed by atoms with E-state index in [0.717, 1.165) is 10.0 Å². The van der Waals surface area contributed by atoms with Crippen molar-refractivity contribution >= 4 is 27.7 Å². The summed E-state index contributed by atoms with van der Waals surface area (Å²) >= 11 is 3.35. The van der Waals surface area contributed by atoms with E-state index >= 15 is 0 Å². The zero-order chi connectivity index (χ0) is 12.3. The van der Waals surface area contributed by atoms with Gasteiger partial charge in [-0.1, -0.05) is 33.3 Å². The molecule has 0 atom stereocenters. The second-order valence-electron chi connectivity index (χ2n) is 3.63. The van der Waals surface area contributed by atoms with Gasteiger partial charge < -0.3 is 5.32 Å². The summed E-state index contributed by atoms with van der Waals surface area (Å²) in [4.78, 5) is 11.7. The van der Waals surface area contributed by atoms with E-state index in [9.17, 15) is 4.79 Å². The van der Waals surface area contributed by atoms with Crippen LogP contribution in [0.15, 0.2) is 34.9 Å². The van der Waals surface area contributed by atoms with Gasteiger partial charge in [0.2, 0.25) is 5.91 Å². The van der Waals surface area contributed by atoms with Gasteiger partial charge in [-0.05, 0) is 17.7 Å². The summed E-state index contributed by atoms with van der Waals surface area (Å²) in [6, 6.07) is 7.62. The molecule has 1 N–H and O–H groups in total. The summed E-state index contributed by atoms with van der Waals surface area (Å²) < 4.78 is 2.53. The number of benzene rings is 1. The lowest BCUT2D eigenvalue weighted by Crippen LogP contribution is -2.14. The first kappa shape index (κ1) is 11.8. The molecule has 1 aromatic carbocycles. The lowest BCUT2D eigenvalue weighted by Gasteiger charge is -2.01. The van der Waals surface area contributed by atoms with Crippen molar-refractivity contribution in [1.29, 1.82) is 0 Å². The number of aromatic nitrogens is 3. The minimum atomic E-state index is -0.104. The van der Waals surface area contributed by atoms with Crippen LogP contribution >= 0.6 is 15.9 Å². The van der Waals surface area contributed by atoms with Gasteiger partial charge in [0.1, 0.15) is 0 Å². The Kier molecular flexibility index (Phi) is 3.53. The van der Waals surface area contributed by atoms with Crippen LogP contribution in [0.4, 0.5) is 5.82 Å². The Morgan fingerprint density at radius 3 is 2.71 bits per heavy atom. The highest BCUT2D eigenvalue weighted by Gasteiger charge is 2.06. The third kappa shape index (κ3) is 3.39. The van der Waals surface area contributed by atoms with E-state index in [1.165, 1.54) is 4.68 Å². The Hall–Kier alpha value is -1.69. The smallest absolute Gasteiger partial charge is 0.230 e. The number of carbonyl (C=O) groups excluding carboxylic acids is 1. The molecule has 0 bridgehead atoms. The van der Waals surface area contributed by atoms with E-state index in [2.05, 4.69) is 31.6 Å². The number of halogens is 1. The molecule has 1 aromatic heterocycles. The predicted octanol–water partition coefficient (Wildman–Crippen LogP) is 1.76. The van der Waals surface area contributed by atoms with Gasteiger partial charge >= 0.3 is 0 Å². The maximum Gasteiger partial charge on any atom is 0.230 e. The van der Waals surface area contributed by atoms with Crippen LogP contribution in [0, 0.1) is 0 Å². The van der Waals surface area contributed by atoms with Crippen molar-refractivity contribution in [3.63, 3.8) is 0 Å². The summed E-state index contributed by atoms with van der Waals surface area (Å²) in [6.07, 6.45) is 1.98. The zero-order valence-corrected chi connectivity index (χ0v) is 10.8. The molecule has 2 rings (SSSR count). The molecule has 0 aliphatic carbocycles. The molecule has 0 unspecified atom stereocenters. The first-order valence-electron chi connectivity index (χ1n) is 5.04. The number of carbonyl (C=O) groups is 1. The predicted molar refractivity (Wildman–Crippen MR) is 67.5 cm³/mol. The largest absolute Gasteiger partial charge is 0.308 e. The fraction of sp³-hybridized carbons (Fsp3) is 0.182. The van der Waals surface area contributed by atoms with Crippen LogP contribution in [-0.2, 0) is 18.3 Å². The van der Waals surface area contributed by atoms with E-state index < -0.39 is 0 Å². The molecule has 0 saturated carbocycles. The van der Waals surface area contributed by atoms with Gasteiger partial charge in [-0.15, -0.1) is 5.10 Å². The lowest BCUT2D eigenvalue weighted by molar-refractivity contribution is -0.115. The van der Waals surface area contributed by atoms with Crippen molar-refractivity contribution in [3.8, 4) is 0 Å². The fourth-order valence-corrected chi connectivity index (χ4v) is 1.64. The summed E-state index contributed by atoms with van der Waals surface area (Å²) in [6.45, 7) is 0. The maximum absolute atomic E-state index is 11.7. The SMILES string of the molecule is Cn1cc(NC(=O)Cc2ccc(Br)cc2)nn1. The van der Waals surface area contributed by atoms with Crippen LogP contribution < -0.4 is 5.32 Å². The summed E-state index contributed by atoms with van der Waals surface area (Å²) in [7, 11) is 1.75. The summed E-state index contributed by atoms with van der Waals surface area (Å²) in [5.74, 6) is 0.363. The van der Waals surface area contributed by atoms with Gasteiger partial charge in [0.15, 0.2) is 5.82 Å². The quantitative estimate of drug-likeness (QED) is 0.938. The number of nitrogens with one attached hydrogen (secondary N) is 1. The lowest BCUT2D eigenvalue weighted by atomic mass is 10.1. The molecule has 5 nitrogen and oxygen atoms in total. The van der Waals surface area contributed by atoms with Crippen LogP contribution in [0.2, 0.25) is 0 Å². The van der Waals surface area contributed by atoms with Crippen LogP contribution in [0.1, 0.15) is 5.56 Å². The standard InChI is InChI=1S/C11H11BrN4O/c1-16-7-10(14-15-16)13-11(17)6-8-2-4-9(12)5-3-8/h2-5,7H,6H2,1H3,(H,13,17). The molecule has 17 heavy (non-hydrogen) atoms. The molecule has 88 valence electrons. The Balaban J connectivity index is 1.95. The van der Waals surface area contributed by atoms with E-state index in [-0.39, 0.29) is 5.91 Å². The van der Waals surface area contributed by atoms with E-state index in [1.54, 1.807) is 13.2 Å². The van der Waals surface area contributed by atoms with Gasteiger partial charge in [0.05, 0.1) is 12.6 Å². The Labute approximate surface area is 107 Å². The van der Waals surface area contributed by atoms with Crippen LogP contribution in [-0.4, -0.2) is 20.9 Å². The van der Waals surface area contributed by atoms with Crippen molar-refractivity contribution in [1.82, 2.24) is 15.0 Å². The van der Waals surface area contributed by atoms with Crippen molar-refractivity contribution in [2.75, 3.05) is 5.32 Å².